The number of amides is 4. The van der Waals surface area contributed by atoms with Gasteiger partial charge in [0.05, 0.1) is 27.7 Å². The summed E-state index contributed by atoms with van der Waals surface area (Å²) in [6.45, 7) is 29.7. The van der Waals surface area contributed by atoms with E-state index in [1.807, 2.05) is 62.5 Å². The molecular formula is C99H155ClN7O14PS. The number of carbonyl (C=O) groups excluding carboxylic acids is 6. The molecule has 21 nitrogen and oxygen atoms in total. The molecule has 4 aromatic carbocycles. The van der Waals surface area contributed by atoms with Crippen LogP contribution in [0, 0.1) is 6.92 Å². The fourth-order valence-electron chi connectivity index (χ4n) is 14.2. The number of ether oxygens (including phenoxy) is 4. The zero-order chi connectivity index (χ0) is 90.7. The number of ketones is 1. The average molecular weight is 1770 g/mol. The van der Waals surface area contributed by atoms with Gasteiger partial charge in [0, 0.05) is 37.5 Å². The van der Waals surface area contributed by atoms with Gasteiger partial charge in [-0.05, 0) is 171 Å². The van der Waals surface area contributed by atoms with Crippen LogP contribution in [0.5, 0.6) is 11.5 Å². The van der Waals surface area contributed by atoms with E-state index in [0.29, 0.717) is 64.7 Å². The molecular weight excluding hydrogens is 1610 g/mol. The number of anilines is 1. The molecule has 0 aliphatic carbocycles. The molecule has 123 heavy (non-hydrogen) atoms. The number of esters is 1. The number of nitrogens with zero attached hydrogens (tertiary/aromatic N) is 4. The molecule has 0 radical (unpaired) electrons. The lowest BCUT2D eigenvalue weighted by Gasteiger charge is -2.41. The summed E-state index contributed by atoms with van der Waals surface area (Å²) in [5, 5.41) is 27.4. The van der Waals surface area contributed by atoms with Crippen molar-refractivity contribution in [1.82, 2.24) is 30.0 Å². The quantitative estimate of drug-likeness (QED) is 0.00780. The van der Waals surface area contributed by atoms with E-state index in [2.05, 4.69) is 86.5 Å². The molecule has 3 heterocycles. The van der Waals surface area contributed by atoms with Crippen LogP contribution in [0.4, 0.5) is 10.5 Å². The van der Waals surface area contributed by atoms with Crippen LogP contribution in [0.3, 0.4) is 0 Å². The number of benzene rings is 4. The predicted molar refractivity (Wildman–Crippen MR) is 502 cm³/mol. The minimum absolute atomic E-state index is 0.124. The number of hydrogen-bond donors (Lipinski definition) is 5. The highest BCUT2D eigenvalue weighted by molar-refractivity contribution is 7.91. The number of hydrogen-bond acceptors (Lipinski definition) is 16. The zero-order valence-corrected chi connectivity index (χ0v) is 80.2. The number of Topliss-reactive ketones (excluding diaryl/α,β-unsaturated/α-hetero) is 1. The lowest BCUT2D eigenvalue weighted by atomic mass is 9.73. The average Bonchev–Trinajstić information content (AvgIpc) is 1.58. The van der Waals surface area contributed by atoms with Crippen LogP contribution in [0.25, 0.3) is 5.65 Å². The fourth-order valence-corrected chi connectivity index (χ4v) is 16.1. The van der Waals surface area contributed by atoms with Crippen LogP contribution in [-0.4, -0.2) is 121 Å². The summed E-state index contributed by atoms with van der Waals surface area (Å²) in [5.41, 5.74) is 0.328. The van der Waals surface area contributed by atoms with Crippen LogP contribution in [-0.2, 0) is 55.9 Å². The Morgan fingerprint density at radius 2 is 1.10 bits per heavy atom. The van der Waals surface area contributed by atoms with Crippen molar-refractivity contribution in [3.8, 4) is 11.5 Å². The number of halogens is 1. The zero-order valence-electron chi connectivity index (χ0n) is 77.6. The molecule has 0 bridgehead atoms. The number of aliphatic hydroxyl groups excluding tert-OH is 1. The first kappa shape index (κ1) is 108. The highest BCUT2D eigenvalue weighted by Gasteiger charge is 2.53. The number of aryl methyl sites for hydroxylation is 1. The van der Waals surface area contributed by atoms with Gasteiger partial charge < -0.3 is 39.6 Å². The van der Waals surface area contributed by atoms with Crippen molar-refractivity contribution >= 4 is 77.1 Å². The van der Waals surface area contributed by atoms with E-state index in [-0.39, 0.29) is 41.2 Å². The largest absolute Gasteiger partial charge is 0.489 e. The van der Waals surface area contributed by atoms with Crippen molar-refractivity contribution in [3.05, 3.63) is 142 Å². The molecule has 5 N–H and O–H groups in total. The maximum atomic E-state index is 14.2. The standard InChI is InChI=1S/C45H60ClN5O5S.C33H50N2O7.C18H36O.C3H9OP/c1-9-10-11-12-13-14-15-19-22-37(41(52)47-45(7,8)44(5,6)42-49-48-40-38(46)39(43(2,3)4)50-51(40)42)56-34-25-29-36(30-26-34)57(53,54)35-27-23-33(24-28-35)55-31-32-20-17-16-18-21-32;1-6-7-8-9-10-11-12-13-14-15-16-17-18-19-22-41-30(38)26-21-20-24(2)27(23-26)34-29(37)28(25(3)36)35-31(39)33(4,5)42-32(35)40;1-2-3-4-5-6-7-8-9-10-11-12-13-14-15-16-17-18-19;1-2-3-5-4/h16-18,20-21,23-30,37,50H,9-15,19,22,31H2,1-8H3,(H,47,52);20-21,23,28H,6-19,22H2,1-5H3,(H,34,37);9-10,19H,2-8,11-18H2,1H3;4-5H,2-3H2,1H3/b;;10-9+;. The van der Waals surface area contributed by atoms with Gasteiger partial charge in [-0.15, -0.1) is 10.2 Å². The molecule has 24 heteroatoms. The summed E-state index contributed by atoms with van der Waals surface area (Å²) in [6, 6.07) is 25.5. The molecule has 1 saturated heterocycles. The lowest BCUT2D eigenvalue weighted by Crippen LogP contribution is -2.59. The first-order valence-electron chi connectivity index (χ1n) is 46.3. The normalized spacial score (nSPS) is 13.4. The molecule has 688 valence electrons. The van der Waals surface area contributed by atoms with E-state index in [4.69, 9.17) is 40.5 Å². The molecule has 6 aromatic rings. The SMILES string of the molecule is CCCCCCCC/C=C/CCCCCCCCO.CCCCCCCCCCC(Oc1ccc(S(=O)(=O)c2ccc(OCc3ccccc3)cc2)cc1)C(=O)NC(C)(C)C(C)(C)c1nnc2c(Cl)c(C(C)(C)C)[nH]n12.CCCCCCCCCCCCCCCCOC(=O)c1ccc(C)c(NC(=O)C(C(C)=O)N2C(=O)OC(C)(C)C2=O)c1.CCCPO. The number of imide groups is 1. The van der Waals surface area contributed by atoms with Crippen LogP contribution < -0.4 is 20.1 Å². The first-order chi connectivity index (χ1) is 58.8. The number of rotatable bonds is 57. The van der Waals surface area contributed by atoms with Gasteiger partial charge in [0.2, 0.25) is 9.84 Å². The Labute approximate surface area is 745 Å². The van der Waals surface area contributed by atoms with Crippen molar-refractivity contribution in [3.63, 3.8) is 0 Å². The number of fused-ring (bicyclic) bond motifs is 1. The number of nitrogens with one attached hydrogen (secondary N) is 3. The van der Waals surface area contributed by atoms with Gasteiger partial charge in [-0.25, -0.2) is 27.4 Å². The van der Waals surface area contributed by atoms with E-state index in [1.165, 1.54) is 218 Å². The minimum Gasteiger partial charge on any atom is -0.489 e. The third-order valence-electron chi connectivity index (χ3n) is 22.7. The second kappa shape index (κ2) is 58.7. The molecule has 7 rings (SSSR count). The summed E-state index contributed by atoms with van der Waals surface area (Å²) < 4.78 is 51.7. The first-order valence-corrected chi connectivity index (χ1v) is 49.3. The van der Waals surface area contributed by atoms with E-state index in [0.717, 1.165) is 75.7 Å². The van der Waals surface area contributed by atoms with Crippen molar-refractivity contribution in [2.75, 3.05) is 24.7 Å². The molecule has 0 spiro atoms. The third kappa shape index (κ3) is 38.7. The lowest BCUT2D eigenvalue weighted by molar-refractivity contribution is -0.142. The topological polar surface area (TPSA) is 287 Å². The Morgan fingerprint density at radius 3 is 1.55 bits per heavy atom. The number of carbonyl (C=O) groups is 6. The van der Waals surface area contributed by atoms with Gasteiger partial charge in [-0.2, -0.15) is 0 Å². The monoisotopic (exact) mass is 1760 g/mol. The van der Waals surface area contributed by atoms with Gasteiger partial charge in [0.15, 0.2) is 35.0 Å². The van der Waals surface area contributed by atoms with Gasteiger partial charge >= 0.3 is 12.1 Å². The van der Waals surface area contributed by atoms with E-state index in [1.54, 1.807) is 55.5 Å². The van der Waals surface area contributed by atoms with Crippen molar-refractivity contribution in [2.24, 2.45) is 0 Å². The Bertz CT molecular complexity index is 4160. The molecule has 4 amide bonds. The number of H-pyrrole nitrogens is 1. The van der Waals surface area contributed by atoms with Crippen LogP contribution in [0.15, 0.2) is 119 Å². The van der Waals surface area contributed by atoms with Crippen molar-refractivity contribution in [2.45, 2.75) is 398 Å². The Kier molecular flexibility index (Phi) is 51.5. The summed E-state index contributed by atoms with van der Waals surface area (Å²) >= 11 is 6.75. The summed E-state index contributed by atoms with van der Waals surface area (Å²) in [5.74, 6) is -1.51. The summed E-state index contributed by atoms with van der Waals surface area (Å²) in [6.07, 6.45) is 50.4. The molecule has 0 saturated carbocycles. The van der Waals surface area contributed by atoms with E-state index >= 15 is 0 Å². The molecule has 3 atom stereocenters. The number of unbranched alkanes of at least 4 members (excludes halogenated alkanes) is 32. The van der Waals surface area contributed by atoms with Crippen LogP contribution in [0.1, 0.15) is 374 Å². The maximum absolute atomic E-state index is 14.2. The van der Waals surface area contributed by atoms with Crippen molar-refractivity contribution < 1.29 is 66.1 Å². The predicted octanol–water partition coefficient (Wildman–Crippen LogP) is 24.9. The number of cyclic esters (lactones) is 1. The fraction of sp³-hybridized carbons (Fsp3) is 0.636. The summed E-state index contributed by atoms with van der Waals surface area (Å²) in [7, 11) is -3.66. The van der Waals surface area contributed by atoms with E-state index in [9.17, 15) is 37.2 Å². The Balaban J connectivity index is 0.000000419. The molecule has 2 aromatic heterocycles. The Hall–Kier alpha value is -7.49. The highest BCUT2D eigenvalue weighted by Crippen LogP contribution is 2.39. The third-order valence-corrected chi connectivity index (χ3v) is 25.5. The van der Waals surface area contributed by atoms with E-state index < -0.39 is 68.2 Å². The molecule has 3 unspecified atom stereocenters. The number of allylic oxidation sites excluding steroid dienone is 2. The van der Waals surface area contributed by atoms with Crippen LogP contribution in [0.2, 0.25) is 5.02 Å². The minimum atomic E-state index is -3.81. The molecule has 1 aliphatic rings. The number of aromatic nitrogens is 4. The van der Waals surface area contributed by atoms with Gasteiger partial charge in [0.1, 0.15) is 23.1 Å². The number of aliphatic hydroxyl groups is 1. The van der Waals surface area contributed by atoms with Gasteiger partial charge in [0.25, 0.3) is 17.7 Å². The highest BCUT2D eigenvalue weighted by atomic mass is 35.5. The number of sulfone groups is 1. The second-order valence-electron chi connectivity index (χ2n) is 35.5. The second-order valence-corrected chi connectivity index (χ2v) is 38.6. The van der Waals surface area contributed by atoms with Crippen LogP contribution >= 0.6 is 20.4 Å². The summed E-state index contributed by atoms with van der Waals surface area (Å²) in [4.78, 5) is 86.0. The van der Waals surface area contributed by atoms with Gasteiger partial charge in [-0.1, -0.05) is 315 Å². The Morgan fingerprint density at radius 1 is 0.618 bits per heavy atom. The smallest absolute Gasteiger partial charge is 0.418 e. The molecule has 1 aliphatic heterocycles. The molecule has 1 fully saturated rings. The van der Waals surface area contributed by atoms with Gasteiger partial charge in [-0.3, -0.25) is 24.3 Å². The van der Waals surface area contributed by atoms with Crippen molar-refractivity contribution in [1.29, 1.82) is 0 Å². The maximum Gasteiger partial charge on any atom is 0.418 e. The number of aromatic amines is 1.